The second kappa shape index (κ2) is 6.58. The summed E-state index contributed by atoms with van der Waals surface area (Å²) in [5, 5.41) is 14.8. The van der Waals surface area contributed by atoms with E-state index in [2.05, 4.69) is 20.6 Å². The number of nitrogens with zero attached hydrogens (tertiary/aromatic N) is 2. The number of halogens is 1. The largest absolute Gasteiger partial charge is 0.481 e. The molecule has 2 heterocycles. The molecule has 4 rings (SSSR count). The summed E-state index contributed by atoms with van der Waals surface area (Å²) in [7, 11) is 0. The lowest BCUT2D eigenvalue weighted by Gasteiger charge is -2.07. The van der Waals surface area contributed by atoms with Crippen molar-refractivity contribution in [2.24, 2.45) is 11.8 Å². The number of hydrogen-bond donors (Lipinski definition) is 3. The quantitative estimate of drug-likeness (QED) is 0.620. The minimum atomic E-state index is -0.958. The van der Waals surface area contributed by atoms with Crippen LogP contribution in [-0.4, -0.2) is 27.0 Å². The molecule has 0 aliphatic heterocycles. The third kappa shape index (κ3) is 3.59. The zero-order chi connectivity index (χ0) is 19.1. The maximum absolute atomic E-state index is 14.0. The van der Waals surface area contributed by atoms with E-state index >= 15 is 0 Å². The highest BCUT2D eigenvalue weighted by molar-refractivity contribution is 7.22. The molecule has 1 aliphatic rings. The van der Waals surface area contributed by atoms with Crippen LogP contribution in [0.4, 0.5) is 21.0 Å². The van der Waals surface area contributed by atoms with Gasteiger partial charge >= 0.3 is 5.97 Å². The molecule has 0 saturated heterocycles. The van der Waals surface area contributed by atoms with Crippen LogP contribution in [0.1, 0.15) is 12.0 Å². The second-order valence-corrected chi connectivity index (χ2v) is 7.40. The van der Waals surface area contributed by atoms with E-state index in [4.69, 9.17) is 5.11 Å². The number of amides is 1. The Morgan fingerprint density at radius 3 is 2.74 bits per heavy atom. The number of fused-ring (bicyclic) bond motifs is 1. The Hall–Kier alpha value is -3.07. The summed E-state index contributed by atoms with van der Waals surface area (Å²) in [5.41, 5.74) is 1.74. The third-order valence-electron chi connectivity index (χ3n) is 4.32. The summed E-state index contributed by atoms with van der Waals surface area (Å²) < 4.78 is 14.0. The number of aryl methyl sites for hydroxylation is 1. The van der Waals surface area contributed by atoms with Gasteiger partial charge in [-0.25, -0.2) is 14.4 Å². The lowest BCUT2D eigenvalue weighted by molar-refractivity contribution is -0.139. The van der Waals surface area contributed by atoms with Gasteiger partial charge in [0, 0.05) is 0 Å². The Balaban J connectivity index is 1.50. The summed E-state index contributed by atoms with van der Waals surface area (Å²) >= 11 is 1.18. The molecule has 1 aliphatic carbocycles. The van der Waals surface area contributed by atoms with E-state index in [1.165, 1.54) is 17.4 Å². The van der Waals surface area contributed by atoms with Gasteiger partial charge in [0.25, 0.3) is 0 Å². The lowest BCUT2D eigenvalue weighted by atomic mass is 10.2. The molecular formula is C18H15FN4O3S. The monoisotopic (exact) mass is 386 g/mol. The van der Waals surface area contributed by atoms with Crippen molar-refractivity contribution in [3.63, 3.8) is 0 Å². The molecule has 27 heavy (non-hydrogen) atoms. The molecule has 0 radical (unpaired) electrons. The molecule has 9 heteroatoms. The maximum Gasteiger partial charge on any atom is 0.307 e. The molecule has 7 nitrogen and oxygen atoms in total. The number of benzene rings is 1. The predicted octanol–water partition coefficient (Wildman–Crippen LogP) is 3.54. The lowest BCUT2D eigenvalue weighted by Crippen LogP contribution is -2.16. The van der Waals surface area contributed by atoms with Gasteiger partial charge in [-0.3, -0.25) is 9.59 Å². The molecule has 1 amide bonds. The normalized spacial score (nSPS) is 18.3. The third-order valence-corrected chi connectivity index (χ3v) is 5.20. The van der Waals surface area contributed by atoms with Crippen LogP contribution in [-0.2, 0) is 9.59 Å². The number of nitrogens with one attached hydrogen (secondary N) is 2. The fraction of sp³-hybridized carbons (Fsp3) is 0.222. The fourth-order valence-electron chi connectivity index (χ4n) is 2.76. The van der Waals surface area contributed by atoms with E-state index < -0.39 is 17.8 Å². The van der Waals surface area contributed by atoms with Crippen LogP contribution in [0.25, 0.3) is 10.3 Å². The van der Waals surface area contributed by atoms with E-state index in [1.54, 1.807) is 24.3 Å². The number of aromatic nitrogens is 2. The Morgan fingerprint density at radius 2 is 2.04 bits per heavy atom. The van der Waals surface area contributed by atoms with Crippen molar-refractivity contribution in [3.8, 4) is 0 Å². The first kappa shape index (κ1) is 17.3. The van der Waals surface area contributed by atoms with Crippen LogP contribution in [0.5, 0.6) is 0 Å². The number of carbonyl (C=O) groups excluding carboxylic acids is 1. The number of thiazole rings is 1. The highest BCUT2D eigenvalue weighted by Crippen LogP contribution is 2.40. The van der Waals surface area contributed by atoms with Gasteiger partial charge in [-0.15, -0.1) is 0 Å². The number of anilines is 3. The van der Waals surface area contributed by atoms with Gasteiger partial charge < -0.3 is 15.7 Å². The van der Waals surface area contributed by atoms with Crippen LogP contribution in [0.2, 0.25) is 0 Å². The van der Waals surface area contributed by atoms with Gasteiger partial charge in [0.05, 0.1) is 17.5 Å². The van der Waals surface area contributed by atoms with Crippen LogP contribution in [0.15, 0.2) is 30.3 Å². The standard InChI is InChI=1S/C18H15FN4O3S/c1-8-2-3-12(11(19)6-8)20-14-5-4-13-16(22-14)27-18(21-13)23-15(24)9-7-10(9)17(25)26/h2-6,9-10H,7H2,1H3,(H,20,22)(H,25,26)(H,21,23,24). The number of carbonyl (C=O) groups is 2. The molecule has 3 aromatic rings. The zero-order valence-electron chi connectivity index (χ0n) is 14.2. The topological polar surface area (TPSA) is 104 Å². The Labute approximate surface area is 157 Å². The molecule has 138 valence electrons. The second-order valence-electron chi connectivity index (χ2n) is 6.42. The molecule has 1 saturated carbocycles. The molecule has 1 aromatic carbocycles. The average molecular weight is 386 g/mol. The minimum Gasteiger partial charge on any atom is -0.481 e. The van der Waals surface area contributed by atoms with Crippen molar-refractivity contribution in [3.05, 3.63) is 41.7 Å². The number of pyridine rings is 1. The van der Waals surface area contributed by atoms with Crippen LogP contribution in [0, 0.1) is 24.6 Å². The first-order chi connectivity index (χ1) is 12.9. The zero-order valence-corrected chi connectivity index (χ0v) is 15.0. The summed E-state index contributed by atoms with van der Waals surface area (Å²) in [6.45, 7) is 1.81. The Bertz CT molecular complexity index is 1070. The van der Waals surface area contributed by atoms with E-state index in [1.807, 2.05) is 6.92 Å². The van der Waals surface area contributed by atoms with Crippen molar-refractivity contribution >= 4 is 50.2 Å². The Morgan fingerprint density at radius 1 is 1.22 bits per heavy atom. The predicted molar refractivity (Wildman–Crippen MR) is 99.7 cm³/mol. The number of carboxylic acids is 1. The van der Waals surface area contributed by atoms with Gasteiger partial charge in [-0.1, -0.05) is 17.4 Å². The number of aliphatic carboxylic acids is 1. The van der Waals surface area contributed by atoms with Crippen molar-refractivity contribution in [2.75, 3.05) is 10.6 Å². The van der Waals surface area contributed by atoms with Gasteiger partial charge in [-0.05, 0) is 43.2 Å². The SMILES string of the molecule is Cc1ccc(Nc2ccc3nc(NC(=O)C4CC4C(=O)O)sc3n2)c(F)c1. The molecule has 2 aromatic heterocycles. The van der Waals surface area contributed by atoms with Crippen LogP contribution >= 0.6 is 11.3 Å². The fourth-order valence-corrected chi connectivity index (χ4v) is 3.60. The van der Waals surface area contributed by atoms with E-state index in [0.717, 1.165) is 5.56 Å². The number of carboxylic acid groups (broad SMARTS) is 1. The molecular weight excluding hydrogens is 371 g/mol. The van der Waals surface area contributed by atoms with Crippen LogP contribution < -0.4 is 10.6 Å². The van der Waals surface area contributed by atoms with E-state index in [-0.39, 0.29) is 11.7 Å². The van der Waals surface area contributed by atoms with Crippen LogP contribution in [0.3, 0.4) is 0 Å². The number of rotatable bonds is 5. The maximum atomic E-state index is 14.0. The van der Waals surface area contributed by atoms with Crippen molar-refractivity contribution in [1.29, 1.82) is 0 Å². The molecule has 0 bridgehead atoms. The summed E-state index contributed by atoms with van der Waals surface area (Å²) in [5.74, 6) is -2.34. The van der Waals surface area contributed by atoms with E-state index in [9.17, 15) is 14.0 Å². The van der Waals surface area contributed by atoms with E-state index in [0.29, 0.717) is 33.4 Å². The Kier molecular flexibility index (Phi) is 4.23. The van der Waals surface area contributed by atoms with Gasteiger partial charge in [0.15, 0.2) is 5.13 Å². The average Bonchev–Trinajstić information content (AvgIpc) is 3.32. The molecule has 1 fully saturated rings. The number of hydrogen-bond acceptors (Lipinski definition) is 6. The highest BCUT2D eigenvalue weighted by Gasteiger charge is 2.48. The first-order valence-electron chi connectivity index (χ1n) is 8.25. The summed E-state index contributed by atoms with van der Waals surface area (Å²) in [4.78, 5) is 32.2. The van der Waals surface area contributed by atoms with Gasteiger partial charge in [0.2, 0.25) is 5.91 Å². The van der Waals surface area contributed by atoms with Crippen molar-refractivity contribution in [1.82, 2.24) is 9.97 Å². The molecule has 2 atom stereocenters. The summed E-state index contributed by atoms with van der Waals surface area (Å²) in [6, 6.07) is 8.27. The van der Waals surface area contributed by atoms with Gasteiger partial charge in [0.1, 0.15) is 22.0 Å². The van der Waals surface area contributed by atoms with Crippen molar-refractivity contribution in [2.45, 2.75) is 13.3 Å². The minimum absolute atomic E-state index is 0.318. The molecule has 3 N–H and O–H groups in total. The molecule has 2 unspecified atom stereocenters. The van der Waals surface area contributed by atoms with Gasteiger partial charge in [-0.2, -0.15) is 0 Å². The highest BCUT2D eigenvalue weighted by atomic mass is 32.1. The molecule has 0 spiro atoms. The smallest absolute Gasteiger partial charge is 0.307 e. The van der Waals surface area contributed by atoms with Crippen molar-refractivity contribution < 1.29 is 19.1 Å². The first-order valence-corrected chi connectivity index (χ1v) is 9.07. The summed E-state index contributed by atoms with van der Waals surface area (Å²) in [6.07, 6.45) is 0.348.